The molecule has 0 aliphatic carbocycles. The van der Waals surface area contributed by atoms with Crippen LogP contribution in [0.3, 0.4) is 0 Å². The number of hydrogen-bond donors (Lipinski definition) is 1. The number of ether oxygens (including phenoxy) is 3. The van der Waals surface area contributed by atoms with Gasteiger partial charge in [-0.1, -0.05) is 17.7 Å². The highest BCUT2D eigenvalue weighted by Gasteiger charge is 2.50. The quantitative estimate of drug-likeness (QED) is 0.826. The molecule has 6 nitrogen and oxygen atoms in total. The van der Waals surface area contributed by atoms with E-state index in [-0.39, 0.29) is 17.5 Å². The van der Waals surface area contributed by atoms with Crippen LogP contribution in [0.4, 0.5) is 10.5 Å². The topological polar surface area (TPSA) is 60.0 Å². The van der Waals surface area contributed by atoms with Gasteiger partial charge in [-0.25, -0.2) is 4.79 Å². The van der Waals surface area contributed by atoms with Crippen LogP contribution in [-0.4, -0.2) is 57.1 Å². The molecule has 0 bridgehead atoms. The van der Waals surface area contributed by atoms with Crippen molar-refractivity contribution in [3.63, 3.8) is 0 Å². The summed E-state index contributed by atoms with van der Waals surface area (Å²) in [5.74, 6) is 0.735. The van der Waals surface area contributed by atoms with Crippen LogP contribution in [-0.2, 0) is 9.47 Å². The number of carbonyl (C=O) groups is 1. The van der Waals surface area contributed by atoms with Crippen molar-refractivity contribution in [3.8, 4) is 5.75 Å². The van der Waals surface area contributed by atoms with Crippen molar-refractivity contribution in [2.24, 2.45) is 5.41 Å². The molecule has 0 unspecified atom stereocenters. The first-order valence-corrected chi connectivity index (χ1v) is 9.80. The number of likely N-dealkylation sites (tertiary alicyclic amines) is 1. The number of piperidine rings is 1. The molecule has 3 aliphatic rings. The molecule has 0 radical (unpaired) electrons. The standard InChI is InChI=1S/C21H28N2O4/c1-25-18-5-2-4-17(14-18)22-20(24)23-10-3-9-21(15-27-13-8-19(21)23)16-6-11-26-12-7-16/h2,4-6,14,19H,3,7-13,15H2,1H3,(H,22,24)/t19-,21-/m0/s1. The molecule has 3 heterocycles. The van der Waals surface area contributed by atoms with E-state index in [1.54, 1.807) is 7.11 Å². The number of rotatable bonds is 3. The minimum absolute atomic E-state index is 0.0353. The zero-order valence-electron chi connectivity index (χ0n) is 15.9. The van der Waals surface area contributed by atoms with E-state index in [0.29, 0.717) is 19.8 Å². The van der Waals surface area contributed by atoms with Gasteiger partial charge in [-0.3, -0.25) is 0 Å². The van der Waals surface area contributed by atoms with Gasteiger partial charge in [0.15, 0.2) is 0 Å². The monoisotopic (exact) mass is 372 g/mol. The van der Waals surface area contributed by atoms with Crippen LogP contribution in [0.25, 0.3) is 0 Å². The molecule has 6 heteroatoms. The lowest BCUT2D eigenvalue weighted by molar-refractivity contribution is -0.0691. The summed E-state index contributed by atoms with van der Waals surface area (Å²) in [6, 6.07) is 7.64. The molecular formula is C21H28N2O4. The smallest absolute Gasteiger partial charge is 0.322 e. The van der Waals surface area contributed by atoms with Crippen LogP contribution in [0.15, 0.2) is 35.9 Å². The van der Waals surface area contributed by atoms with Gasteiger partial charge in [0.05, 0.1) is 26.9 Å². The van der Waals surface area contributed by atoms with Crippen molar-refractivity contribution >= 4 is 11.7 Å². The third-order valence-electron chi connectivity index (χ3n) is 6.12. The van der Waals surface area contributed by atoms with Crippen LogP contribution in [0.2, 0.25) is 0 Å². The van der Waals surface area contributed by atoms with Crippen LogP contribution in [0, 0.1) is 5.41 Å². The summed E-state index contributed by atoms with van der Waals surface area (Å²) in [4.78, 5) is 15.2. The Morgan fingerprint density at radius 3 is 3.07 bits per heavy atom. The molecule has 0 aromatic heterocycles. The minimum Gasteiger partial charge on any atom is -0.497 e. The largest absolute Gasteiger partial charge is 0.497 e. The minimum atomic E-state index is -0.0635. The van der Waals surface area contributed by atoms with Crippen molar-refractivity contribution in [1.82, 2.24) is 4.90 Å². The highest BCUT2D eigenvalue weighted by atomic mass is 16.5. The second kappa shape index (κ2) is 7.90. The lowest BCUT2D eigenvalue weighted by Gasteiger charge is -2.53. The van der Waals surface area contributed by atoms with Crippen LogP contribution in [0.5, 0.6) is 5.75 Å². The van der Waals surface area contributed by atoms with Crippen molar-refractivity contribution < 1.29 is 19.0 Å². The fraction of sp³-hybridized carbons (Fsp3) is 0.571. The molecule has 2 amide bonds. The predicted octanol–water partition coefficient (Wildman–Crippen LogP) is 3.44. The number of carbonyl (C=O) groups excluding carboxylic acids is 1. The number of amides is 2. The molecule has 146 valence electrons. The molecule has 27 heavy (non-hydrogen) atoms. The van der Waals surface area contributed by atoms with Crippen LogP contribution >= 0.6 is 0 Å². The van der Waals surface area contributed by atoms with Crippen LogP contribution < -0.4 is 10.1 Å². The lowest BCUT2D eigenvalue weighted by Crippen LogP contribution is -2.60. The Morgan fingerprint density at radius 1 is 1.33 bits per heavy atom. The number of anilines is 1. The molecule has 2 saturated heterocycles. The van der Waals surface area contributed by atoms with E-state index in [0.717, 1.165) is 50.3 Å². The van der Waals surface area contributed by atoms with E-state index in [9.17, 15) is 4.79 Å². The normalized spacial score (nSPS) is 28.1. The second-order valence-corrected chi connectivity index (χ2v) is 7.53. The molecule has 1 aromatic rings. The maximum Gasteiger partial charge on any atom is 0.322 e. The molecule has 1 aromatic carbocycles. The van der Waals surface area contributed by atoms with E-state index in [1.807, 2.05) is 29.2 Å². The molecule has 2 atom stereocenters. The first-order chi connectivity index (χ1) is 13.2. The fourth-order valence-electron chi connectivity index (χ4n) is 4.82. The summed E-state index contributed by atoms with van der Waals surface area (Å²) in [5, 5.41) is 3.06. The second-order valence-electron chi connectivity index (χ2n) is 7.53. The van der Waals surface area contributed by atoms with Gasteiger partial charge in [0, 0.05) is 36.4 Å². The Bertz CT molecular complexity index is 716. The Labute approximate surface area is 160 Å². The van der Waals surface area contributed by atoms with Gasteiger partial charge in [-0.2, -0.15) is 0 Å². The van der Waals surface area contributed by atoms with Crippen molar-refractivity contribution in [2.75, 3.05) is 45.4 Å². The fourth-order valence-corrected chi connectivity index (χ4v) is 4.82. The van der Waals surface area contributed by atoms with E-state index >= 15 is 0 Å². The van der Waals surface area contributed by atoms with Crippen LogP contribution in [0.1, 0.15) is 25.7 Å². The Balaban J connectivity index is 1.56. The number of urea groups is 1. The Kier molecular flexibility index (Phi) is 5.36. The number of fused-ring (bicyclic) bond motifs is 1. The Morgan fingerprint density at radius 2 is 2.26 bits per heavy atom. The van der Waals surface area contributed by atoms with Gasteiger partial charge >= 0.3 is 6.03 Å². The summed E-state index contributed by atoms with van der Waals surface area (Å²) in [6.45, 7) is 3.62. The zero-order valence-corrected chi connectivity index (χ0v) is 15.9. The Hall–Kier alpha value is -2.05. The molecule has 3 aliphatic heterocycles. The molecule has 0 saturated carbocycles. The van der Waals surface area contributed by atoms with Crippen molar-refractivity contribution in [1.29, 1.82) is 0 Å². The van der Waals surface area contributed by atoms with E-state index in [2.05, 4.69) is 11.4 Å². The first kappa shape index (κ1) is 18.3. The maximum atomic E-state index is 13.1. The SMILES string of the molecule is COc1cccc(NC(=O)N2CCC[C@@]3(C4=CCOCC4)COCC[C@H]23)c1. The average molecular weight is 372 g/mol. The summed E-state index contributed by atoms with van der Waals surface area (Å²) < 4.78 is 16.7. The number of hydrogen-bond acceptors (Lipinski definition) is 4. The summed E-state index contributed by atoms with van der Waals surface area (Å²) in [6.07, 6.45) is 6.10. The third kappa shape index (κ3) is 3.56. The van der Waals surface area contributed by atoms with E-state index < -0.39 is 0 Å². The summed E-state index contributed by atoms with van der Waals surface area (Å²) >= 11 is 0. The number of nitrogens with zero attached hydrogens (tertiary/aromatic N) is 1. The number of nitrogens with one attached hydrogen (secondary N) is 1. The summed E-state index contributed by atoms with van der Waals surface area (Å²) in [7, 11) is 1.63. The van der Waals surface area contributed by atoms with E-state index in [1.165, 1.54) is 5.57 Å². The highest BCUT2D eigenvalue weighted by molar-refractivity contribution is 5.90. The van der Waals surface area contributed by atoms with Gasteiger partial charge < -0.3 is 24.4 Å². The number of methoxy groups -OCH3 is 1. The van der Waals surface area contributed by atoms with Gasteiger partial charge in [0.25, 0.3) is 0 Å². The zero-order chi connectivity index (χ0) is 18.7. The van der Waals surface area contributed by atoms with Gasteiger partial charge in [0.1, 0.15) is 5.75 Å². The molecule has 2 fully saturated rings. The molecule has 0 spiro atoms. The molecule has 4 rings (SSSR count). The highest BCUT2D eigenvalue weighted by Crippen LogP contribution is 2.48. The van der Waals surface area contributed by atoms with Gasteiger partial charge in [-0.15, -0.1) is 0 Å². The lowest BCUT2D eigenvalue weighted by atomic mass is 9.65. The molecule has 1 N–H and O–H groups in total. The van der Waals surface area contributed by atoms with Crippen molar-refractivity contribution in [2.45, 2.75) is 31.7 Å². The number of benzene rings is 1. The third-order valence-corrected chi connectivity index (χ3v) is 6.12. The van der Waals surface area contributed by atoms with E-state index in [4.69, 9.17) is 14.2 Å². The van der Waals surface area contributed by atoms with Gasteiger partial charge in [-0.05, 0) is 37.8 Å². The average Bonchev–Trinajstić information content (AvgIpc) is 2.74. The first-order valence-electron chi connectivity index (χ1n) is 9.80. The van der Waals surface area contributed by atoms with Gasteiger partial charge in [0.2, 0.25) is 0 Å². The van der Waals surface area contributed by atoms with Crippen molar-refractivity contribution in [3.05, 3.63) is 35.9 Å². The summed E-state index contributed by atoms with van der Waals surface area (Å²) in [5.41, 5.74) is 2.11. The predicted molar refractivity (Wildman–Crippen MR) is 103 cm³/mol. The molecular weight excluding hydrogens is 344 g/mol. The maximum absolute atomic E-state index is 13.1.